The van der Waals surface area contributed by atoms with Crippen LogP contribution < -0.4 is 0 Å². The SMILES string of the molecule is Brc1ccc2[nH]ccc2c1.Cl. The van der Waals surface area contributed by atoms with Gasteiger partial charge in [0, 0.05) is 21.6 Å². The molecule has 0 saturated heterocycles. The molecule has 1 nitrogen and oxygen atoms in total. The maximum absolute atomic E-state index is 3.40. The number of benzene rings is 1. The van der Waals surface area contributed by atoms with Crippen molar-refractivity contribution in [3.05, 3.63) is 34.9 Å². The highest BCUT2D eigenvalue weighted by atomic mass is 79.9. The van der Waals surface area contributed by atoms with Crippen LogP contribution in [0.4, 0.5) is 0 Å². The van der Waals surface area contributed by atoms with Gasteiger partial charge in [-0.2, -0.15) is 0 Å². The first-order chi connectivity index (χ1) is 4.86. The van der Waals surface area contributed by atoms with Gasteiger partial charge in [-0.05, 0) is 24.3 Å². The Morgan fingerprint density at radius 3 is 2.82 bits per heavy atom. The van der Waals surface area contributed by atoms with Gasteiger partial charge in [-0.1, -0.05) is 15.9 Å². The lowest BCUT2D eigenvalue weighted by Gasteiger charge is -1.88. The van der Waals surface area contributed by atoms with Crippen molar-refractivity contribution in [1.29, 1.82) is 0 Å². The van der Waals surface area contributed by atoms with E-state index in [-0.39, 0.29) is 12.4 Å². The highest BCUT2D eigenvalue weighted by molar-refractivity contribution is 9.10. The van der Waals surface area contributed by atoms with E-state index >= 15 is 0 Å². The fourth-order valence-electron chi connectivity index (χ4n) is 1.02. The monoisotopic (exact) mass is 231 g/mol. The van der Waals surface area contributed by atoms with Gasteiger partial charge in [0.05, 0.1) is 0 Å². The number of hydrogen-bond acceptors (Lipinski definition) is 0. The average Bonchev–Trinajstić information content (AvgIpc) is 2.33. The number of H-pyrrole nitrogens is 1. The van der Waals surface area contributed by atoms with Crippen LogP contribution in [0.25, 0.3) is 10.9 Å². The predicted octanol–water partition coefficient (Wildman–Crippen LogP) is 3.35. The van der Waals surface area contributed by atoms with Gasteiger partial charge >= 0.3 is 0 Å². The molecule has 0 aliphatic rings. The molecule has 1 aromatic heterocycles. The third kappa shape index (κ3) is 1.57. The molecule has 0 radical (unpaired) electrons. The molecular formula is C8H7BrClN. The van der Waals surface area contributed by atoms with Gasteiger partial charge < -0.3 is 4.98 Å². The number of hydrogen-bond donors (Lipinski definition) is 1. The number of aromatic nitrogens is 1. The Bertz CT molecular complexity index is 356. The maximum Gasteiger partial charge on any atom is 0.0454 e. The third-order valence-electron chi connectivity index (χ3n) is 1.52. The van der Waals surface area contributed by atoms with Gasteiger partial charge in [-0.25, -0.2) is 0 Å². The topological polar surface area (TPSA) is 15.8 Å². The molecule has 0 fully saturated rings. The molecular weight excluding hydrogens is 225 g/mol. The summed E-state index contributed by atoms with van der Waals surface area (Å²) in [5.74, 6) is 0. The van der Waals surface area contributed by atoms with E-state index in [9.17, 15) is 0 Å². The lowest BCUT2D eigenvalue weighted by molar-refractivity contribution is 1.48. The largest absolute Gasteiger partial charge is 0.361 e. The second-order valence-electron chi connectivity index (χ2n) is 2.21. The molecule has 11 heavy (non-hydrogen) atoms. The minimum absolute atomic E-state index is 0. The summed E-state index contributed by atoms with van der Waals surface area (Å²) in [5.41, 5.74) is 1.18. The lowest BCUT2D eigenvalue weighted by atomic mass is 10.3. The molecule has 0 saturated carbocycles. The predicted molar refractivity (Wildman–Crippen MR) is 53.2 cm³/mol. The van der Waals surface area contributed by atoms with Crippen LogP contribution in [0.5, 0.6) is 0 Å². The first-order valence-electron chi connectivity index (χ1n) is 3.09. The Hall–Kier alpha value is -0.470. The van der Waals surface area contributed by atoms with E-state index in [0.717, 1.165) is 4.47 Å². The second-order valence-corrected chi connectivity index (χ2v) is 3.12. The van der Waals surface area contributed by atoms with E-state index < -0.39 is 0 Å². The van der Waals surface area contributed by atoms with Gasteiger partial charge in [0.2, 0.25) is 0 Å². The van der Waals surface area contributed by atoms with E-state index in [1.165, 1.54) is 10.9 Å². The summed E-state index contributed by atoms with van der Waals surface area (Å²) in [4.78, 5) is 3.13. The molecule has 0 amide bonds. The van der Waals surface area contributed by atoms with Crippen molar-refractivity contribution < 1.29 is 0 Å². The van der Waals surface area contributed by atoms with Crippen molar-refractivity contribution in [3.63, 3.8) is 0 Å². The van der Waals surface area contributed by atoms with Gasteiger partial charge in [-0.15, -0.1) is 12.4 Å². The van der Waals surface area contributed by atoms with Crippen molar-refractivity contribution in [2.45, 2.75) is 0 Å². The molecule has 0 spiro atoms. The van der Waals surface area contributed by atoms with Gasteiger partial charge in [-0.3, -0.25) is 0 Å². The normalized spacial score (nSPS) is 9.55. The van der Waals surface area contributed by atoms with Crippen LogP contribution in [-0.2, 0) is 0 Å². The first-order valence-corrected chi connectivity index (χ1v) is 3.88. The summed E-state index contributed by atoms with van der Waals surface area (Å²) < 4.78 is 1.12. The zero-order valence-electron chi connectivity index (χ0n) is 5.67. The second kappa shape index (κ2) is 3.28. The maximum atomic E-state index is 3.40. The molecule has 1 N–H and O–H groups in total. The zero-order valence-corrected chi connectivity index (χ0v) is 8.08. The summed E-state index contributed by atoms with van der Waals surface area (Å²) >= 11 is 3.40. The summed E-state index contributed by atoms with van der Waals surface area (Å²) in [6.45, 7) is 0. The third-order valence-corrected chi connectivity index (χ3v) is 2.01. The molecule has 1 aromatic carbocycles. The van der Waals surface area contributed by atoms with Crippen molar-refractivity contribution in [2.24, 2.45) is 0 Å². The minimum atomic E-state index is 0. The number of nitrogens with one attached hydrogen (secondary N) is 1. The highest BCUT2D eigenvalue weighted by Crippen LogP contribution is 2.17. The summed E-state index contributed by atoms with van der Waals surface area (Å²) in [6.07, 6.45) is 1.94. The van der Waals surface area contributed by atoms with E-state index in [4.69, 9.17) is 0 Å². The van der Waals surface area contributed by atoms with Crippen LogP contribution in [0, 0.1) is 0 Å². The quantitative estimate of drug-likeness (QED) is 0.717. The summed E-state index contributed by atoms with van der Waals surface area (Å²) in [6, 6.07) is 8.23. The molecule has 0 unspecified atom stereocenters. The molecule has 3 heteroatoms. The molecule has 0 atom stereocenters. The van der Waals surface area contributed by atoms with Crippen molar-refractivity contribution in [2.75, 3.05) is 0 Å². The van der Waals surface area contributed by atoms with Crippen LogP contribution in [-0.4, -0.2) is 4.98 Å². The highest BCUT2D eigenvalue weighted by Gasteiger charge is 1.92. The van der Waals surface area contributed by atoms with Gasteiger partial charge in [0.15, 0.2) is 0 Å². The fraction of sp³-hybridized carbons (Fsp3) is 0. The van der Waals surface area contributed by atoms with Crippen LogP contribution in [0.2, 0.25) is 0 Å². The Morgan fingerprint density at radius 2 is 2.00 bits per heavy atom. The fourth-order valence-corrected chi connectivity index (χ4v) is 1.40. The van der Waals surface area contributed by atoms with Crippen LogP contribution in [0.3, 0.4) is 0 Å². The van der Waals surface area contributed by atoms with E-state index in [0.29, 0.717) is 0 Å². The molecule has 0 bridgehead atoms. The standard InChI is InChI=1S/C8H6BrN.ClH/c9-7-1-2-8-6(5-7)3-4-10-8;/h1-5,10H;1H. The Balaban J connectivity index is 0.000000605. The van der Waals surface area contributed by atoms with E-state index in [1.807, 2.05) is 12.3 Å². The molecule has 0 aliphatic heterocycles. The number of halogens is 2. The molecule has 58 valence electrons. The Labute approximate surface area is 79.3 Å². The molecule has 2 aromatic rings. The zero-order chi connectivity index (χ0) is 6.97. The minimum Gasteiger partial charge on any atom is -0.361 e. The number of aromatic amines is 1. The van der Waals surface area contributed by atoms with Crippen LogP contribution in [0.1, 0.15) is 0 Å². The molecule has 2 rings (SSSR count). The molecule has 1 heterocycles. The number of rotatable bonds is 0. The average molecular weight is 233 g/mol. The van der Waals surface area contributed by atoms with E-state index in [2.05, 4.69) is 39.1 Å². The van der Waals surface area contributed by atoms with Crippen molar-refractivity contribution in [3.8, 4) is 0 Å². The summed E-state index contributed by atoms with van der Waals surface area (Å²) in [5, 5.41) is 1.24. The van der Waals surface area contributed by atoms with Crippen LogP contribution >= 0.6 is 28.3 Å². The van der Waals surface area contributed by atoms with Crippen LogP contribution in [0.15, 0.2) is 34.9 Å². The number of fused-ring (bicyclic) bond motifs is 1. The summed E-state index contributed by atoms with van der Waals surface area (Å²) in [7, 11) is 0. The van der Waals surface area contributed by atoms with Crippen molar-refractivity contribution in [1.82, 2.24) is 4.98 Å². The first kappa shape index (κ1) is 8.62. The van der Waals surface area contributed by atoms with Gasteiger partial charge in [0.25, 0.3) is 0 Å². The molecule has 0 aliphatic carbocycles. The lowest BCUT2D eigenvalue weighted by Crippen LogP contribution is -1.65. The Morgan fingerprint density at radius 1 is 1.18 bits per heavy atom. The Kier molecular flexibility index (Phi) is 2.58. The smallest absolute Gasteiger partial charge is 0.0454 e. The van der Waals surface area contributed by atoms with Gasteiger partial charge in [0.1, 0.15) is 0 Å². The van der Waals surface area contributed by atoms with E-state index in [1.54, 1.807) is 0 Å². The van der Waals surface area contributed by atoms with Crippen molar-refractivity contribution >= 4 is 39.2 Å².